The molecule has 27 heavy (non-hydrogen) atoms. The first kappa shape index (κ1) is 18.1. The van der Waals surface area contributed by atoms with E-state index < -0.39 is 0 Å². The Kier molecular flexibility index (Phi) is 5.73. The zero-order valence-corrected chi connectivity index (χ0v) is 15.9. The van der Waals surface area contributed by atoms with E-state index in [1.807, 2.05) is 11.0 Å². The van der Waals surface area contributed by atoms with E-state index in [0.29, 0.717) is 6.04 Å². The highest BCUT2D eigenvalue weighted by atomic mass is 16.2. The third-order valence-electron chi connectivity index (χ3n) is 5.89. The van der Waals surface area contributed by atoms with Crippen LogP contribution in [0, 0.1) is 0 Å². The lowest BCUT2D eigenvalue weighted by molar-refractivity contribution is 0.173. The van der Waals surface area contributed by atoms with Gasteiger partial charge in [-0.25, -0.2) is 4.79 Å². The van der Waals surface area contributed by atoms with Crippen LogP contribution in [0.1, 0.15) is 29.5 Å². The van der Waals surface area contributed by atoms with Crippen LogP contribution in [-0.4, -0.2) is 48.1 Å². The minimum atomic E-state index is 0.1000. The molecule has 0 radical (unpaired) electrons. The third-order valence-corrected chi connectivity index (χ3v) is 5.89. The van der Waals surface area contributed by atoms with Gasteiger partial charge in [0.2, 0.25) is 0 Å². The molecule has 2 aromatic rings. The zero-order valence-electron chi connectivity index (χ0n) is 15.9. The van der Waals surface area contributed by atoms with Crippen molar-refractivity contribution in [1.82, 2.24) is 15.1 Å². The van der Waals surface area contributed by atoms with Gasteiger partial charge in [0.15, 0.2) is 0 Å². The van der Waals surface area contributed by atoms with Gasteiger partial charge < -0.3 is 10.2 Å². The smallest absolute Gasteiger partial charge is 0.317 e. The van der Waals surface area contributed by atoms with E-state index >= 15 is 0 Å². The summed E-state index contributed by atoms with van der Waals surface area (Å²) in [6.07, 6.45) is 4.20. The molecular weight excluding hydrogens is 334 g/mol. The minimum Gasteiger partial charge on any atom is -0.338 e. The van der Waals surface area contributed by atoms with E-state index in [0.717, 1.165) is 58.4 Å². The second-order valence-electron chi connectivity index (χ2n) is 7.70. The quantitative estimate of drug-likeness (QED) is 0.826. The van der Waals surface area contributed by atoms with Gasteiger partial charge in [-0.2, -0.15) is 0 Å². The van der Waals surface area contributed by atoms with Crippen molar-refractivity contribution in [3.63, 3.8) is 0 Å². The molecule has 1 unspecified atom stereocenters. The van der Waals surface area contributed by atoms with Gasteiger partial charge >= 0.3 is 6.03 Å². The standard InChI is InChI=1S/C23H29N3O/c27-23(24-14-6-9-19-7-2-1-3-8-19)26-16-13-22(18-26)25-15-12-20-10-4-5-11-21(20)17-25/h1-5,7-8,10-11,22H,6,9,12-18H2,(H,24,27). The molecule has 4 nitrogen and oxygen atoms in total. The molecule has 2 aliphatic rings. The molecule has 2 aromatic carbocycles. The number of aryl methyl sites for hydroxylation is 1. The molecule has 4 rings (SSSR count). The molecule has 0 spiro atoms. The Bertz CT molecular complexity index is 761. The summed E-state index contributed by atoms with van der Waals surface area (Å²) in [7, 11) is 0. The van der Waals surface area contributed by atoms with Crippen LogP contribution in [0.2, 0.25) is 0 Å². The number of benzene rings is 2. The predicted octanol–water partition coefficient (Wildman–Crippen LogP) is 3.46. The number of hydrogen-bond donors (Lipinski definition) is 1. The molecule has 2 amide bonds. The van der Waals surface area contributed by atoms with Gasteiger partial charge in [-0.3, -0.25) is 4.90 Å². The van der Waals surface area contributed by atoms with Crippen LogP contribution in [0.5, 0.6) is 0 Å². The topological polar surface area (TPSA) is 35.6 Å². The maximum absolute atomic E-state index is 12.5. The Morgan fingerprint density at radius 3 is 2.63 bits per heavy atom. The number of carbonyl (C=O) groups is 1. The number of urea groups is 1. The van der Waals surface area contributed by atoms with Crippen molar-refractivity contribution in [2.45, 2.75) is 38.3 Å². The highest BCUT2D eigenvalue weighted by Gasteiger charge is 2.31. The number of hydrogen-bond acceptors (Lipinski definition) is 2. The Hall–Kier alpha value is -2.33. The molecule has 1 fully saturated rings. The fourth-order valence-electron chi connectivity index (χ4n) is 4.30. The summed E-state index contributed by atoms with van der Waals surface area (Å²) >= 11 is 0. The van der Waals surface area contributed by atoms with E-state index in [-0.39, 0.29) is 6.03 Å². The highest BCUT2D eigenvalue weighted by molar-refractivity contribution is 5.74. The summed E-state index contributed by atoms with van der Waals surface area (Å²) in [5.41, 5.74) is 4.27. The fourth-order valence-corrected chi connectivity index (χ4v) is 4.30. The van der Waals surface area contributed by atoms with Crippen LogP contribution in [0.15, 0.2) is 54.6 Å². The molecule has 0 aromatic heterocycles. The van der Waals surface area contributed by atoms with Gasteiger partial charge in [0, 0.05) is 38.8 Å². The summed E-state index contributed by atoms with van der Waals surface area (Å²) in [4.78, 5) is 17.0. The molecule has 0 aliphatic carbocycles. The first-order valence-electron chi connectivity index (χ1n) is 10.2. The molecule has 1 atom stereocenters. The lowest BCUT2D eigenvalue weighted by Gasteiger charge is -2.33. The van der Waals surface area contributed by atoms with Crippen molar-refractivity contribution in [1.29, 1.82) is 0 Å². The van der Waals surface area contributed by atoms with Crippen molar-refractivity contribution in [2.75, 3.05) is 26.2 Å². The monoisotopic (exact) mass is 363 g/mol. The maximum Gasteiger partial charge on any atom is 0.317 e. The van der Waals surface area contributed by atoms with E-state index in [2.05, 4.69) is 58.7 Å². The Balaban J connectivity index is 1.21. The largest absolute Gasteiger partial charge is 0.338 e. The van der Waals surface area contributed by atoms with Crippen molar-refractivity contribution in [3.8, 4) is 0 Å². The molecule has 4 heteroatoms. The van der Waals surface area contributed by atoms with Crippen LogP contribution in [0.4, 0.5) is 4.79 Å². The summed E-state index contributed by atoms with van der Waals surface area (Å²) in [5.74, 6) is 0. The van der Waals surface area contributed by atoms with E-state index in [4.69, 9.17) is 0 Å². The van der Waals surface area contributed by atoms with Crippen molar-refractivity contribution < 1.29 is 4.79 Å². The Morgan fingerprint density at radius 1 is 1.00 bits per heavy atom. The Labute approximate surface area is 162 Å². The first-order chi connectivity index (χ1) is 13.3. The second-order valence-corrected chi connectivity index (χ2v) is 7.70. The molecule has 1 saturated heterocycles. The average Bonchev–Trinajstić information content (AvgIpc) is 3.22. The SMILES string of the molecule is O=C(NCCCc1ccccc1)N1CCC(N2CCc3ccccc3C2)C1. The second kappa shape index (κ2) is 8.57. The van der Waals surface area contributed by atoms with Gasteiger partial charge in [-0.1, -0.05) is 54.6 Å². The Morgan fingerprint density at radius 2 is 1.78 bits per heavy atom. The average molecular weight is 364 g/mol. The molecule has 142 valence electrons. The number of amides is 2. The van der Waals surface area contributed by atoms with Crippen LogP contribution in [0.25, 0.3) is 0 Å². The van der Waals surface area contributed by atoms with Crippen molar-refractivity contribution in [3.05, 3.63) is 71.3 Å². The van der Waals surface area contributed by atoms with Crippen LogP contribution in [0.3, 0.4) is 0 Å². The molecule has 2 aliphatic heterocycles. The van der Waals surface area contributed by atoms with Crippen LogP contribution < -0.4 is 5.32 Å². The van der Waals surface area contributed by atoms with Crippen LogP contribution >= 0.6 is 0 Å². The number of rotatable bonds is 5. The third kappa shape index (κ3) is 4.51. The molecular formula is C23H29N3O. The summed E-state index contributed by atoms with van der Waals surface area (Å²) in [5, 5.41) is 3.10. The van der Waals surface area contributed by atoms with E-state index in [9.17, 15) is 4.79 Å². The van der Waals surface area contributed by atoms with Crippen LogP contribution in [-0.2, 0) is 19.4 Å². The lowest BCUT2D eigenvalue weighted by atomic mass is 9.98. The minimum absolute atomic E-state index is 0.1000. The molecule has 1 N–H and O–H groups in total. The maximum atomic E-state index is 12.5. The van der Waals surface area contributed by atoms with Crippen molar-refractivity contribution in [2.24, 2.45) is 0 Å². The normalized spacial score (nSPS) is 19.7. The summed E-state index contributed by atoms with van der Waals surface area (Å²) in [6.45, 7) is 4.59. The summed E-state index contributed by atoms with van der Waals surface area (Å²) < 4.78 is 0. The first-order valence-corrected chi connectivity index (χ1v) is 10.2. The van der Waals surface area contributed by atoms with E-state index in [1.54, 1.807) is 0 Å². The number of carbonyl (C=O) groups excluding carboxylic acids is 1. The van der Waals surface area contributed by atoms with Gasteiger partial charge in [0.25, 0.3) is 0 Å². The number of nitrogens with zero attached hydrogens (tertiary/aromatic N) is 2. The van der Waals surface area contributed by atoms with Gasteiger partial charge in [-0.05, 0) is 42.4 Å². The summed E-state index contributed by atoms with van der Waals surface area (Å²) in [6, 6.07) is 19.8. The number of nitrogens with one attached hydrogen (secondary N) is 1. The number of fused-ring (bicyclic) bond motifs is 1. The lowest BCUT2D eigenvalue weighted by Crippen LogP contribution is -2.44. The highest BCUT2D eigenvalue weighted by Crippen LogP contribution is 2.24. The van der Waals surface area contributed by atoms with Gasteiger partial charge in [0.05, 0.1) is 0 Å². The van der Waals surface area contributed by atoms with Crippen molar-refractivity contribution >= 4 is 6.03 Å². The molecule has 2 heterocycles. The van der Waals surface area contributed by atoms with Gasteiger partial charge in [0.1, 0.15) is 0 Å². The fraction of sp³-hybridized carbons (Fsp3) is 0.435. The molecule has 0 bridgehead atoms. The zero-order chi connectivity index (χ0) is 18.5. The van der Waals surface area contributed by atoms with E-state index in [1.165, 1.54) is 16.7 Å². The molecule has 0 saturated carbocycles. The predicted molar refractivity (Wildman–Crippen MR) is 109 cm³/mol. The number of likely N-dealkylation sites (tertiary alicyclic amines) is 1. The van der Waals surface area contributed by atoms with Gasteiger partial charge in [-0.15, -0.1) is 0 Å².